The molecule has 0 spiro atoms. The zero-order chi connectivity index (χ0) is 42.4. The van der Waals surface area contributed by atoms with Gasteiger partial charge in [-0.1, -0.05) is 194 Å². The van der Waals surface area contributed by atoms with E-state index in [9.17, 15) is 0 Å². The molecule has 0 bridgehead atoms. The fraction of sp³-hybridized carbons (Fsp3) is 0. The molecule has 2 nitrogen and oxygen atoms in total. The lowest BCUT2D eigenvalue weighted by atomic mass is 9.97. The molecule has 0 unspecified atom stereocenters. The highest BCUT2D eigenvalue weighted by Crippen LogP contribution is 2.43. The van der Waals surface area contributed by atoms with Crippen LogP contribution in [0.15, 0.2) is 255 Å². The Morgan fingerprint density at radius 2 is 0.672 bits per heavy atom. The molecule has 0 aliphatic heterocycles. The summed E-state index contributed by atoms with van der Waals surface area (Å²) in [5.41, 5.74) is 16.3. The Kier molecular flexibility index (Phi) is 9.20. The van der Waals surface area contributed by atoms with Crippen molar-refractivity contribution in [3.05, 3.63) is 255 Å². The van der Waals surface area contributed by atoms with Crippen LogP contribution in [0.25, 0.3) is 93.5 Å². The van der Waals surface area contributed by atoms with Gasteiger partial charge < -0.3 is 9.47 Å². The maximum atomic E-state index is 2.48. The fourth-order valence-corrected chi connectivity index (χ4v) is 9.74. The molecule has 0 aliphatic rings. The molecule has 1 aromatic heterocycles. The van der Waals surface area contributed by atoms with Crippen LogP contribution in [0.3, 0.4) is 0 Å². The third-order valence-electron chi connectivity index (χ3n) is 12.7. The average molecular weight is 815 g/mol. The van der Waals surface area contributed by atoms with Crippen molar-refractivity contribution in [3.63, 3.8) is 0 Å². The van der Waals surface area contributed by atoms with Crippen LogP contribution in [0, 0.1) is 0 Å². The smallest absolute Gasteiger partial charge is 0.0625 e. The van der Waals surface area contributed by atoms with Crippen molar-refractivity contribution >= 4 is 60.4 Å². The molecule has 300 valence electrons. The molecule has 2 heteroatoms. The largest absolute Gasteiger partial charge is 0.310 e. The van der Waals surface area contributed by atoms with Crippen molar-refractivity contribution in [2.45, 2.75) is 0 Å². The van der Waals surface area contributed by atoms with E-state index in [-0.39, 0.29) is 0 Å². The summed E-state index contributed by atoms with van der Waals surface area (Å²) in [7, 11) is 0. The Morgan fingerprint density at radius 3 is 1.31 bits per heavy atom. The summed E-state index contributed by atoms with van der Waals surface area (Å²) in [6.07, 6.45) is 0. The van der Waals surface area contributed by atoms with Gasteiger partial charge in [0.15, 0.2) is 0 Å². The minimum atomic E-state index is 1.09. The molecule has 0 saturated heterocycles. The highest BCUT2D eigenvalue weighted by molar-refractivity contribution is 6.32. The normalized spacial score (nSPS) is 11.4. The molecule has 12 aromatic rings. The summed E-state index contributed by atoms with van der Waals surface area (Å²) < 4.78 is 2.48. The SMILES string of the molecule is c1ccc(-c2ccc(N(c3ccc(-c4cccc(-c5ccccc5)c4)cc3)c3cccc(-c4cccc(-n5c6ccccc6c6c7ccccc7c7ccccc7c65)c4)c3)cc2)cc1. The molecular weight excluding hydrogens is 773 g/mol. The van der Waals surface area contributed by atoms with Crippen LogP contribution in [-0.2, 0) is 0 Å². The van der Waals surface area contributed by atoms with E-state index in [1.165, 1.54) is 76.7 Å². The molecule has 0 amide bonds. The quantitative estimate of drug-likeness (QED) is 0.139. The number of aromatic nitrogens is 1. The van der Waals surface area contributed by atoms with Gasteiger partial charge in [0.2, 0.25) is 0 Å². The van der Waals surface area contributed by atoms with Gasteiger partial charge in [-0.15, -0.1) is 0 Å². The molecule has 0 fully saturated rings. The summed E-state index contributed by atoms with van der Waals surface area (Å²) in [5, 5.41) is 7.63. The zero-order valence-corrected chi connectivity index (χ0v) is 35.1. The van der Waals surface area contributed by atoms with Crippen LogP contribution in [0.2, 0.25) is 0 Å². The first kappa shape index (κ1) is 37.3. The average Bonchev–Trinajstić information content (AvgIpc) is 3.74. The second-order valence-electron chi connectivity index (χ2n) is 16.5. The fourth-order valence-electron chi connectivity index (χ4n) is 9.74. The van der Waals surface area contributed by atoms with E-state index < -0.39 is 0 Å². The molecule has 12 rings (SSSR count). The molecule has 1 heterocycles. The first-order valence-electron chi connectivity index (χ1n) is 22.0. The molecule has 0 atom stereocenters. The Morgan fingerprint density at radius 1 is 0.250 bits per heavy atom. The lowest BCUT2D eigenvalue weighted by Crippen LogP contribution is -2.10. The van der Waals surface area contributed by atoms with Crippen LogP contribution in [0.4, 0.5) is 17.1 Å². The monoisotopic (exact) mass is 814 g/mol. The van der Waals surface area contributed by atoms with Crippen molar-refractivity contribution in [2.24, 2.45) is 0 Å². The third-order valence-corrected chi connectivity index (χ3v) is 12.7. The molecule has 11 aromatic carbocycles. The van der Waals surface area contributed by atoms with Gasteiger partial charge in [0.25, 0.3) is 0 Å². The van der Waals surface area contributed by atoms with Gasteiger partial charge in [-0.05, 0) is 121 Å². The molecule has 0 aliphatic carbocycles. The van der Waals surface area contributed by atoms with Crippen LogP contribution < -0.4 is 4.90 Å². The van der Waals surface area contributed by atoms with E-state index in [1.54, 1.807) is 0 Å². The molecule has 0 saturated carbocycles. The number of hydrogen-bond donors (Lipinski definition) is 0. The summed E-state index contributed by atoms with van der Waals surface area (Å²) >= 11 is 0. The van der Waals surface area contributed by atoms with Crippen LogP contribution in [0.1, 0.15) is 0 Å². The number of benzene rings is 11. The van der Waals surface area contributed by atoms with Gasteiger partial charge in [0.05, 0.1) is 11.0 Å². The van der Waals surface area contributed by atoms with Gasteiger partial charge in [0, 0.05) is 38.9 Å². The number of fused-ring (bicyclic) bond motifs is 8. The number of rotatable bonds is 8. The Balaban J connectivity index is 0.973. The van der Waals surface area contributed by atoms with E-state index in [4.69, 9.17) is 0 Å². The van der Waals surface area contributed by atoms with E-state index >= 15 is 0 Å². The topological polar surface area (TPSA) is 8.17 Å². The predicted octanol–water partition coefficient (Wildman–Crippen LogP) is 17.2. The second kappa shape index (κ2) is 15.8. The van der Waals surface area contributed by atoms with Crippen molar-refractivity contribution < 1.29 is 0 Å². The van der Waals surface area contributed by atoms with Crippen molar-refractivity contribution in [1.29, 1.82) is 0 Å². The Labute approximate surface area is 373 Å². The number of hydrogen-bond acceptors (Lipinski definition) is 1. The van der Waals surface area contributed by atoms with Crippen molar-refractivity contribution in [1.82, 2.24) is 4.57 Å². The summed E-state index contributed by atoms with van der Waals surface area (Å²) in [6.45, 7) is 0. The van der Waals surface area contributed by atoms with E-state index in [0.717, 1.165) is 33.9 Å². The first-order chi connectivity index (χ1) is 31.7. The molecule has 64 heavy (non-hydrogen) atoms. The molecule has 0 radical (unpaired) electrons. The van der Waals surface area contributed by atoms with Gasteiger partial charge in [-0.25, -0.2) is 0 Å². The van der Waals surface area contributed by atoms with Crippen LogP contribution in [-0.4, -0.2) is 4.57 Å². The molecule has 0 N–H and O–H groups in total. The summed E-state index contributed by atoms with van der Waals surface area (Å²) in [4.78, 5) is 2.37. The summed E-state index contributed by atoms with van der Waals surface area (Å²) in [5.74, 6) is 0. The van der Waals surface area contributed by atoms with Crippen molar-refractivity contribution in [3.8, 4) is 50.2 Å². The number of para-hydroxylation sites is 1. The lowest BCUT2D eigenvalue weighted by molar-refractivity contribution is 1.19. The number of nitrogens with zero attached hydrogens (tertiary/aromatic N) is 2. The van der Waals surface area contributed by atoms with Gasteiger partial charge in [-0.2, -0.15) is 0 Å². The maximum absolute atomic E-state index is 2.48. The number of anilines is 3. The lowest BCUT2D eigenvalue weighted by Gasteiger charge is -2.26. The van der Waals surface area contributed by atoms with E-state index in [1.807, 2.05) is 0 Å². The molecular formula is C62H42N2. The predicted molar refractivity (Wildman–Crippen MR) is 272 cm³/mol. The van der Waals surface area contributed by atoms with Crippen LogP contribution in [0.5, 0.6) is 0 Å². The van der Waals surface area contributed by atoms with E-state index in [0.29, 0.717) is 0 Å². The standard InChI is InChI=1S/C62H42N2/c1-3-16-43(17-4-1)45-32-36-51(37-33-45)63(52-38-34-46(35-39-52)48-21-13-20-47(40-48)44-18-5-2-6-19-44)53-24-14-22-49(41-53)50-23-15-25-54(42-50)64-60-31-12-11-30-59(60)61-57-28-9-7-26-55(57)56-27-8-10-29-58(56)62(61)64/h1-42H. The van der Waals surface area contributed by atoms with E-state index in [2.05, 4.69) is 264 Å². The maximum Gasteiger partial charge on any atom is 0.0625 e. The Bertz CT molecular complexity index is 3640. The highest BCUT2D eigenvalue weighted by atomic mass is 15.1. The summed E-state index contributed by atoms with van der Waals surface area (Å²) in [6, 6.07) is 92.5. The Hall–Kier alpha value is -8.46. The van der Waals surface area contributed by atoms with Gasteiger partial charge >= 0.3 is 0 Å². The zero-order valence-electron chi connectivity index (χ0n) is 35.1. The second-order valence-corrected chi connectivity index (χ2v) is 16.5. The minimum Gasteiger partial charge on any atom is -0.310 e. The minimum absolute atomic E-state index is 1.09. The first-order valence-corrected chi connectivity index (χ1v) is 22.0. The highest BCUT2D eigenvalue weighted by Gasteiger charge is 2.20. The van der Waals surface area contributed by atoms with Gasteiger partial charge in [-0.3, -0.25) is 0 Å². The van der Waals surface area contributed by atoms with Crippen LogP contribution >= 0.6 is 0 Å². The van der Waals surface area contributed by atoms with Gasteiger partial charge in [0.1, 0.15) is 0 Å². The van der Waals surface area contributed by atoms with Crippen molar-refractivity contribution in [2.75, 3.05) is 4.90 Å². The third kappa shape index (κ3) is 6.52.